The first-order valence-electron chi connectivity index (χ1n) is 29.7. The van der Waals surface area contributed by atoms with Crippen LogP contribution in [0.1, 0.15) is 316 Å². The lowest BCUT2D eigenvalue weighted by Crippen LogP contribution is -2.45. The standard InChI is InChI=1S/C61H115NO5/c1-3-5-7-9-11-13-15-17-19-20-21-22-23-24-25-26-27-29-33-37-41-45-49-53-59(64)58(57-63)62-60(65)54-50-46-42-38-34-30-28-32-36-40-44-48-52-56-67-61(66)55-51-47-43-39-35-31-18-16-14-12-10-8-6-4-2/h10,12,16,18,30,34,58-59,63-64H,3-9,11,13-15,17,19-29,31-33,35-57H2,1-2H3,(H,62,65)/b12-10-,18-16-,34-30-. The number of esters is 1. The van der Waals surface area contributed by atoms with Gasteiger partial charge < -0.3 is 20.3 Å². The smallest absolute Gasteiger partial charge is 0.305 e. The van der Waals surface area contributed by atoms with Crippen LogP contribution in [0.5, 0.6) is 0 Å². The molecule has 0 aliphatic carbocycles. The van der Waals surface area contributed by atoms with Gasteiger partial charge in [-0.3, -0.25) is 9.59 Å². The summed E-state index contributed by atoms with van der Waals surface area (Å²) in [5.41, 5.74) is 0. The molecule has 0 aliphatic rings. The largest absolute Gasteiger partial charge is 0.466 e. The first-order chi connectivity index (χ1) is 33.0. The fraction of sp³-hybridized carbons (Fsp3) is 0.869. The van der Waals surface area contributed by atoms with E-state index in [1.807, 2.05) is 0 Å². The van der Waals surface area contributed by atoms with Crippen molar-refractivity contribution in [3.8, 4) is 0 Å². The van der Waals surface area contributed by atoms with Crippen molar-refractivity contribution in [2.45, 2.75) is 328 Å². The van der Waals surface area contributed by atoms with Gasteiger partial charge in [0.05, 0.1) is 25.4 Å². The van der Waals surface area contributed by atoms with Crippen LogP contribution in [0.4, 0.5) is 0 Å². The number of amides is 1. The third kappa shape index (κ3) is 53.3. The number of allylic oxidation sites excluding steroid dienone is 6. The second-order valence-electron chi connectivity index (χ2n) is 20.3. The molecule has 394 valence electrons. The van der Waals surface area contributed by atoms with E-state index < -0.39 is 12.1 Å². The van der Waals surface area contributed by atoms with E-state index in [0.717, 1.165) is 83.5 Å². The predicted molar refractivity (Wildman–Crippen MR) is 292 cm³/mol. The molecule has 0 spiro atoms. The minimum Gasteiger partial charge on any atom is -0.466 e. The van der Waals surface area contributed by atoms with E-state index in [0.29, 0.717) is 25.9 Å². The Labute approximate surface area is 417 Å². The Balaban J connectivity index is 3.49. The molecule has 0 radical (unpaired) electrons. The van der Waals surface area contributed by atoms with Crippen molar-refractivity contribution in [1.29, 1.82) is 0 Å². The molecule has 0 aromatic heterocycles. The number of hydrogen-bond donors (Lipinski definition) is 3. The zero-order chi connectivity index (χ0) is 48.6. The van der Waals surface area contributed by atoms with Crippen LogP contribution in [0.3, 0.4) is 0 Å². The van der Waals surface area contributed by atoms with Gasteiger partial charge in [-0.25, -0.2) is 0 Å². The summed E-state index contributed by atoms with van der Waals surface area (Å²) in [5.74, 6) is -0.0901. The lowest BCUT2D eigenvalue weighted by molar-refractivity contribution is -0.143. The molecule has 0 aliphatic heterocycles. The third-order valence-corrected chi connectivity index (χ3v) is 13.7. The normalized spacial score (nSPS) is 12.8. The zero-order valence-corrected chi connectivity index (χ0v) is 44.9. The van der Waals surface area contributed by atoms with Gasteiger partial charge in [-0.2, -0.15) is 0 Å². The number of hydrogen-bond acceptors (Lipinski definition) is 5. The highest BCUT2D eigenvalue weighted by Crippen LogP contribution is 2.17. The van der Waals surface area contributed by atoms with Crippen LogP contribution in [0.2, 0.25) is 0 Å². The van der Waals surface area contributed by atoms with Crippen LogP contribution in [-0.2, 0) is 14.3 Å². The van der Waals surface area contributed by atoms with Crippen molar-refractivity contribution in [3.05, 3.63) is 36.5 Å². The molecular formula is C61H115NO5. The molecule has 3 N–H and O–H groups in total. The number of nitrogens with one attached hydrogen (secondary N) is 1. The lowest BCUT2D eigenvalue weighted by atomic mass is 10.0. The summed E-state index contributed by atoms with van der Waals surface area (Å²) in [7, 11) is 0. The highest BCUT2D eigenvalue weighted by atomic mass is 16.5. The maximum atomic E-state index is 12.5. The predicted octanol–water partition coefficient (Wildman–Crippen LogP) is 18.4. The third-order valence-electron chi connectivity index (χ3n) is 13.7. The maximum Gasteiger partial charge on any atom is 0.305 e. The molecule has 67 heavy (non-hydrogen) atoms. The molecule has 0 saturated heterocycles. The number of aliphatic hydroxyl groups excluding tert-OH is 2. The fourth-order valence-electron chi connectivity index (χ4n) is 9.06. The molecule has 0 heterocycles. The fourth-order valence-corrected chi connectivity index (χ4v) is 9.06. The van der Waals surface area contributed by atoms with Crippen molar-refractivity contribution in [3.63, 3.8) is 0 Å². The van der Waals surface area contributed by atoms with Gasteiger partial charge in [-0.1, -0.05) is 262 Å². The Morgan fingerprint density at radius 1 is 0.418 bits per heavy atom. The van der Waals surface area contributed by atoms with Crippen LogP contribution < -0.4 is 5.32 Å². The molecule has 1 amide bonds. The van der Waals surface area contributed by atoms with E-state index in [9.17, 15) is 19.8 Å². The Morgan fingerprint density at radius 2 is 0.761 bits per heavy atom. The Bertz CT molecular complexity index is 1090. The summed E-state index contributed by atoms with van der Waals surface area (Å²) in [4.78, 5) is 24.5. The number of ether oxygens (including phenoxy) is 1. The van der Waals surface area contributed by atoms with E-state index >= 15 is 0 Å². The average molecular weight is 943 g/mol. The van der Waals surface area contributed by atoms with Gasteiger partial charge in [0.2, 0.25) is 5.91 Å². The summed E-state index contributed by atoms with van der Waals surface area (Å²) in [6.07, 6.45) is 70.0. The minimum absolute atomic E-state index is 0.0268. The summed E-state index contributed by atoms with van der Waals surface area (Å²) in [6.45, 7) is 4.88. The van der Waals surface area contributed by atoms with Crippen molar-refractivity contribution in [2.24, 2.45) is 0 Å². The number of carbonyl (C=O) groups excluding carboxylic acids is 2. The van der Waals surface area contributed by atoms with Gasteiger partial charge in [0.1, 0.15) is 0 Å². The number of rotatable bonds is 55. The summed E-state index contributed by atoms with van der Waals surface area (Å²) >= 11 is 0. The Morgan fingerprint density at radius 3 is 1.21 bits per heavy atom. The van der Waals surface area contributed by atoms with Gasteiger partial charge in [0, 0.05) is 12.8 Å². The average Bonchev–Trinajstić information content (AvgIpc) is 3.33. The number of aliphatic hydroxyl groups is 2. The second kappa shape index (κ2) is 56.7. The highest BCUT2D eigenvalue weighted by molar-refractivity contribution is 5.76. The van der Waals surface area contributed by atoms with E-state index in [-0.39, 0.29) is 18.5 Å². The SMILES string of the molecule is CCCC/C=C\C/C=C\CCCCCCCC(=O)OCCCCCCCC/C=C\CCCCCC(=O)NC(CO)C(O)CCCCCCCCCCCCCCCCCCCCCCCCC. The van der Waals surface area contributed by atoms with E-state index in [2.05, 4.69) is 55.6 Å². The molecule has 0 aromatic rings. The Hall–Kier alpha value is -1.92. The lowest BCUT2D eigenvalue weighted by Gasteiger charge is -2.22. The van der Waals surface area contributed by atoms with Gasteiger partial charge >= 0.3 is 5.97 Å². The molecule has 0 aromatic carbocycles. The highest BCUT2D eigenvalue weighted by Gasteiger charge is 2.20. The first kappa shape index (κ1) is 65.1. The maximum absolute atomic E-state index is 12.5. The molecular weight excluding hydrogens is 827 g/mol. The zero-order valence-electron chi connectivity index (χ0n) is 44.9. The van der Waals surface area contributed by atoms with Crippen LogP contribution in [0.15, 0.2) is 36.5 Å². The van der Waals surface area contributed by atoms with E-state index in [4.69, 9.17) is 4.74 Å². The molecule has 6 nitrogen and oxygen atoms in total. The van der Waals surface area contributed by atoms with Crippen molar-refractivity contribution in [2.75, 3.05) is 13.2 Å². The van der Waals surface area contributed by atoms with Crippen molar-refractivity contribution >= 4 is 11.9 Å². The van der Waals surface area contributed by atoms with Crippen LogP contribution in [0, 0.1) is 0 Å². The summed E-state index contributed by atoms with van der Waals surface area (Å²) in [6, 6.07) is -0.564. The summed E-state index contributed by atoms with van der Waals surface area (Å²) < 4.78 is 5.45. The van der Waals surface area contributed by atoms with Gasteiger partial charge in [-0.15, -0.1) is 0 Å². The molecule has 6 heteroatoms. The number of carbonyl (C=O) groups is 2. The molecule has 0 fully saturated rings. The Kier molecular flexibility index (Phi) is 55.0. The van der Waals surface area contributed by atoms with Gasteiger partial charge in [-0.05, 0) is 77.0 Å². The quantitative estimate of drug-likeness (QED) is 0.0321. The van der Waals surface area contributed by atoms with Crippen molar-refractivity contribution < 1.29 is 24.5 Å². The molecule has 2 atom stereocenters. The molecule has 0 rings (SSSR count). The van der Waals surface area contributed by atoms with E-state index in [1.165, 1.54) is 199 Å². The van der Waals surface area contributed by atoms with E-state index in [1.54, 1.807) is 0 Å². The molecule has 0 saturated carbocycles. The summed E-state index contributed by atoms with van der Waals surface area (Å²) in [5, 5.41) is 23.3. The number of unbranched alkanes of at least 4 members (excludes halogenated alkanes) is 38. The monoisotopic (exact) mass is 942 g/mol. The van der Waals surface area contributed by atoms with Gasteiger partial charge in [0.15, 0.2) is 0 Å². The van der Waals surface area contributed by atoms with Gasteiger partial charge in [0.25, 0.3) is 0 Å². The topological polar surface area (TPSA) is 95.9 Å². The van der Waals surface area contributed by atoms with Crippen LogP contribution >= 0.6 is 0 Å². The second-order valence-corrected chi connectivity index (χ2v) is 20.3. The molecule has 0 bridgehead atoms. The molecule has 2 unspecified atom stereocenters. The van der Waals surface area contributed by atoms with Crippen LogP contribution in [0.25, 0.3) is 0 Å². The van der Waals surface area contributed by atoms with Crippen molar-refractivity contribution in [1.82, 2.24) is 5.32 Å². The van der Waals surface area contributed by atoms with Crippen LogP contribution in [-0.4, -0.2) is 47.4 Å². The minimum atomic E-state index is -0.684. The first-order valence-corrected chi connectivity index (χ1v) is 29.7.